The predicted octanol–water partition coefficient (Wildman–Crippen LogP) is -0.227. The molecule has 138 valence electrons. The Hall–Kier alpha value is -2.20. The highest BCUT2D eigenvalue weighted by molar-refractivity contribution is 7.89. The molecule has 0 radical (unpaired) electrons. The molecule has 25 heavy (non-hydrogen) atoms. The van der Waals surface area contributed by atoms with Crippen molar-refractivity contribution < 1.29 is 8.42 Å². The van der Waals surface area contributed by atoms with Gasteiger partial charge in [-0.15, -0.1) is 0 Å². The first kappa shape index (κ1) is 19.1. The molecule has 0 aromatic carbocycles. The second-order valence-corrected chi connectivity index (χ2v) is 7.87. The summed E-state index contributed by atoms with van der Waals surface area (Å²) in [7, 11) is -1.35. The first-order chi connectivity index (χ1) is 11.6. The molecule has 0 bridgehead atoms. The number of imidazole rings is 1. The van der Waals surface area contributed by atoms with Crippen LogP contribution in [-0.2, 0) is 30.7 Å². The molecule has 2 aromatic heterocycles. The first-order valence-corrected chi connectivity index (χ1v) is 9.41. The van der Waals surface area contributed by atoms with E-state index in [1.54, 1.807) is 6.20 Å². The molecule has 2 heterocycles. The highest BCUT2D eigenvalue weighted by Crippen LogP contribution is 2.11. The second-order valence-electron chi connectivity index (χ2n) is 6.14. The van der Waals surface area contributed by atoms with Gasteiger partial charge in [0.15, 0.2) is 4.90 Å². The van der Waals surface area contributed by atoms with E-state index in [1.165, 1.54) is 14.1 Å². The number of sulfonamides is 1. The third kappa shape index (κ3) is 4.07. The Kier molecular flexibility index (Phi) is 5.63. The Labute approximate surface area is 146 Å². The van der Waals surface area contributed by atoms with Crippen LogP contribution in [0.2, 0.25) is 0 Å². The molecule has 9 nitrogen and oxygen atoms in total. The Morgan fingerprint density at radius 3 is 2.56 bits per heavy atom. The SMILES string of the molecule is CC(C)c1nccn1CCCNS(=O)(=O)c1cn(C)c(=O)n(C)c1=O. The van der Waals surface area contributed by atoms with Crippen LogP contribution in [-0.4, -0.2) is 33.6 Å². The molecule has 0 fully saturated rings. The van der Waals surface area contributed by atoms with E-state index >= 15 is 0 Å². The van der Waals surface area contributed by atoms with Crippen LogP contribution >= 0.6 is 0 Å². The lowest BCUT2D eigenvalue weighted by atomic mass is 10.2. The molecule has 0 atom stereocenters. The van der Waals surface area contributed by atoms with Crippen molar-refractivity contribution in [1.29, 1.82) is 0 Å². The Morgan fingerprint density at radius 1 is 1.24 bits per heavy atom. The number of rotatable bonds is 7. The third-order valence-electron chi connectivity index (χ3n) is 3.84. The molecule has 10 heteroatoms. The Bertz CT molecular complexity index is 969. The number of aryl methyl sites for hydroxylation is 2. The minimum atomic E-state index is -3.99. The van der Waals surface area contributed by atoms with Crippen LogP contribution in [0.3, 0.4) is 0 Å². The highest BCUT2D eigenvalue weighted by Gasteiger charge is 2.20. The van der Waals surface area contributed by atoms with Gasteiger partial charge in [0.1, 0.15) is 5.82 Å². The van der Waals surface area contributed by atoms with Crippen molar-refractivity contribution in [2.24, 2.45) is 14.1 Å². The maximum absolute atomic E-state index is 12.3. The summed E-state index contributed by atoms with van der Waals surface area (Å²) in [5, 5.41) is 0. The van der Waals surface area contributed by atoms with Gasteiger partial charge in [-0.25, -0.2) is 22.9 Å². The number of hydrogen-bond donors (Lipinski definition) is 1. The molecule has 0 aliphatic rings. The van der Waals surface area contributed by atoms with Gasteiger partial charge in [0.25, 0.3) is 5.56 Å². The van der Waals surface area contributed by atoms with Crippen LogP contribution in [0, 0.1) is 0 Å². The molecular weight excluding hydrogens is 346 g/mol. The van der Waals surface area contributed by atoms with Crippen LogP contribution in [0.5, 0.6) is 0 Å². The van der Waals surface area contributed by atoms with Crippen molar-refractivity contribution in [3.05, 3.63) is 45.3 Å². The minimum Gasteiger partial charge on any atom is -0.335 e. The van der Waals surface area contributed by atoms with Crippen molar-refractivity contribution in [3.8, 4) is 0 Å². The van der Waals surface area contributed by atoms with Crippen molar-refractivity contribution in [3.63, 3.8) is 0 Å². The molecule has 0 amide bonds. The summed E-state index contributed by atoms with van der Waals surface area (Å²) in [4.78, 5) is 27.5. The van der Waals surface area contributed by atoms with E-state index < -0.39 is 26.2 Å². The average Bonchev–Trinajstić information content (AvgIpc) is 3.01. The van der Waals surface area contributed by atoms with E-state index in [0.29, 0.717) is 13.0 Å². The van der Waals surface area contributed by atoms with E-state index in [-0.39, 0.29) is 12.5 Å². The van der Waals surface area contributed by atoms with Crippen molar-refractivity contribution in [2.45, 2.75) is 37.6 Å². The van der Waals surface area contributed by atoms with Crippen LogP contribution in [0.15, 0.2) is 33.1 Å². The van der Waals surface area contributed by atoms with Crippen LogP contribution < -0.4 is 16.0 Å². The zero-order chi connectivity index (χ0) is 18.8. The van der Waals surface area contributed by atoms with Gasteiger partial charge in [0.2, 0.25) is 10.0 Å². The van der Waals surface area contributed by atoms with Crippen molar-refractivity contribution >= 4 is 10.0 Å². The van der Waals surface area contributed by atoms with Gasteiger partial charge in [0, 0.05) is 51.7 Å². The van der Waals surface area contributed by atoms with E-state index in [9.17, 15) is 18.0 Å². The Balaban J connectivity index is 2.07. The molecule has 2 rings (SSSR count). The van der Waals surface area contributed by atoms with Gasteiger partial charge >= 0.3 is 5.69 Å². The summed E-state index contributed by atoms with van der Waals surface area (Å²) in [6.07, 6.45) is 5.15. The molecule has 0 unspecified atom stereocenters. The summed E-state index contributed by atoms with van der Waals surface area (Å²) >= 11 is 0. The summed E-state index contributed by atoms with van der Waals surface area (Å²) in [5.74, 6) is 1.22. The van der Waals surface area contributed by atoms with E-state index in [2.05, 4.69) is 9.71 Å². The average molecular weight is 369 g/mol. The zero-order valence-corrected chi connectivity index (χ0v) is 15.6. The smallest absolute Gasteiger partial charge is 0.330 e. The second kappa shape index (κ2) is 7.36. The van der Waals surface area contributed by atoms with Gasteiger partial charge in [0.05, 0.1) is 0 Å². The Morgan fingerprint density at radius 2 is 1.92 bits per heavy atom. The quantitative estimate of drug-likeness (QED) is 0.679. The van der Waals surface area contributed by atoms with Gasteiger partial charge in [-0.2, -0.15) is 0 Å². The summed E-state index contributed by atoms with van der Waals surface area (Å²) in [6, 6.07) is 0. The summed E-state index contributed by atoms with van der Waals surface area (Å²) in [5.41, 5.74) is -1.42. The monoisotopic (exact) mass is 369 g/mol. The fraction of sp³-hybridized carbons (Fsp3) is 0.533. The first-order valence-electron chi connectivity index (χ1n) is 7.92. The molecule has 0 spiro atoms. The predicted molar refractivity (Wildman–Crippen MR) is 93.0 cm³/mol. The molecule has 0 aliphatic heterocycles. The number of hydrogen-bond acceptors (Lipinski definition) is 5. The summed E-state index contributed by atoms with van der Waals surface area (Å²) in [6.45, 7) is 4.86. The fourth-order valence-corrected chi connectivity index (χ4v) is 3.74. The van der Waals surface area contributed by atoms with Crippen LogP contribution in [0.25, 0.3) is 0 Å². The molecule has 2 aromatic rings. The number of nitrogens with zero attached hydrogens (tertiary/aromatic N) is 4. The van der Waals surface area contributed by atoms with E-state index in [4.69, 9.17) is 0 Å². The van der Waals surface area contributed by atoms with Gasteiger partial charge < -0.3 is 9.13 Å². The van der Waals surface area contributed by atoms with Crippen molar-refractivity contribution in [2.75, 3.05) is 6.54 Å². The standard InChI is InChI=1S/C15H23N5O4S/c1-11(2)13-16-7-9-20(13)8-5-6-17-25(23,24)12-10-18(3)15(22)19(4)14(12)21/h7,9-11,17H,5-6,8H2,1-4H3. The van der Waals surface area contributed by atoms with Crippen LogP contribution in [0.1, 0.15) is 32.0 Å². The van der Waals surface area contributed by atoms with E-state index in [0.717, 1.165) is 21.2 Å². The number of nitrogens with one attached hydrogen (secondary N) is 1. The fourth-order valence-electron chi connectivity index (χ4n) is 2.50. The normalized spacial score (nSPS) is 12.0. The van der Waals surface area contributed by atoms with Gasteiger partial charge in [-0.05, 0) is 6.42 Å². The molecule has 0 saturated carbocycles. The molecule has 0 saturated heterocycles. The van der Waals surface area contributed by atoms with Gasteiger partial charge in [-0.3, -0.25) is 9.36 Å². The minimum absolute atomic E-state index is 0.171. The third-order valence-corrected chi connectivity index (χ3v) is 5.28. The van der Waals surface area contributed by atoms with Crippen LogP contribution in [0.4, 0.5) is 0 Å². The van der Waals surface area contributed by atoms with Gasteiger partial charge in [-0.1, -0.05) is 13.8 Å². The number of aromatic nitrogens is 4. The molecular formula is C15H23N5O4S. The lowest BCUT2D eigenvalue weighted by Gasteiger charge is -2.11. The molecule has 0 aliphatic carbocycles. The summed E-state index contributed by atoms with van der Waals surface area (Å²) < 4.78 is 30.9. The largest absolute Gasteiger partial charge is 0.335 e. The lowest BCUT2D eigenvalue weighted by Crippen LogP contribution is -2.41. The zero-order valence-electron chi connectivity index (χ0n) is 14.8. The maximum atomic E-state index is 12.3. The highest BCUT2D eigenvalue weighted by atomic mass is 32.2. The lowest BCUT2D eigenvalue weighted by molar-refractivity contribution is 0.553. The molecule has 1 N–H and O–H groups in total. The van der Waals surface area contributed by atoms with Crippen molar-refractivity contribution in [1.82, 2.24) is 23.4 Å². The topological polar surface area (TPSA) is 108 Å². The maximum Gasteiger partial charge on any atom is 0.330 e. The van der Waals surface area contributed by atoms with E-state index in [1.807, 2.05) is 24.6 Å².